The van der Waals surface area contributed by atoms with E-state index in [1.807, 2.05) is 4.72 Å². The summed E-state index contributed by atoms with van der Waals surface area (Å²) < 4.78 is 25.8. The van der Waals surface area contributed by atoms with Gasteiger partial charge in [0, 0.05) is 23.9 Å². The molecule has 0 fully saturated rings. The van der Waals surface area contributed by atoms with Crippen LogP contribution in [0, 0.1) is 10.1 Å². The monoisotopic (exact) mass is 355 g/mol. The minimum absolute atomic E-state index is 0.0171. The quantitative estimate of drug-likeness (QED) is 0.595. The van der Waals surface area contributed by atoms with Crippen LogP contribution in [-0.2, 0) is 27.0 Å². The molecule has 0 atom stereocenters. The summed E-state index contributed by atoms with van der Waals surface area (Å²) in [5.74, 6) is -1.03. The Morgan fingerprint density at radius 3 is 2.57 bits per heavy atom. The fraction of sp³-hybridized carbons (Fsp3) is 0.231. The predicted molar refractivity (Wildman–Crippen MR) is 84.3 cm³/mol. The first-order valence-electron chi connectivity index (χ1n) is 6.49. The summed E-state index contributed by atoms with van der Waals surface area (Å²) in [5.41, 5.74) is 2.60. The first-order valence-corrected chi connectivity index (χ1v) is 9.09. The number of nitrogens with zero attached hydrogens (tertiary/aromatic N) is 2. The second-order valence-corrected chi connectivity index (χ2v) is 7.13. The van der Waals surface area contributed by atoms with Crippen LogP contribution in [-0.4, -0.2) is 24.2 Å². The Kier molecular flexibility index (Phi) is 5.40. The Morgan fingerprint density at radius 2 is 2.00 bits per heavy atom. The van der Waals surface area contributed by atoms with Crippen molar-refractivity contribution < 1.29 is 18.1 Å². The second-order valence-electron chi connectivity index (χ2n) is 4.69. The van der Waals surface area contributed by atoms with Crippen LogP contribution in [0.1, 0.15) is 17.7 Å². The lowest BCUT2D eigenvalue weighted by Gasteiger charge is -2.06. The maximum Gasteiger partial charge on any atom is 0.269 e. The van der Waals surface area contributed by atoms with Crippen LogP contribution in [0.4, 0.5) is 5.69 Å². The molecule has 1 aromatic heterocycles. The standard InChI is InChI=1S/C13H13N3O5S2/c17-13(6-3-11-7-22-9-14-11)15-23(20,21)8-10-1-4-12(5-2-10)16(18)19/h1-2,4-5,7,9H,3,6,8H2,(H,15,17). The molecule has 2 aromatic rings. The maximum atomic E-state index is 11.9. The van der Waals surface area contributed by atoms with E-state index in [-0.39, 0.29) is 12.1 Å². The number of non-ortho nitro benzene ring substituents is 1. The molecule has 0 saturated heterocycles. The molecule has 0 bridgehead atoms. The smallest absolute Gasteiger partial charge is 0.269 e. The molecule has 0 unspecified atom stereocenters. The van der Waals surface area contributed by atoms with Gasteiger partial charge in [0.2, 0.25) is 15.9 Å². The third-order valence-electron chi connectivity index (χ3n) is 2.86. The predicted octanol–water partition coefficient (Wildman–Crippen LogP) is 1.63. The van der Waals surface area contributed by atoms with Gasteiger partial charge in [0.05, 0.1) is 21.9 Å². The van der Waals surface area contributed by atoms with Gasteiger partial charge >= 0.3 is 0 Å². The van der Waals surface area contributed by atoms with Crippen LogP contribution in [0.2, 0.25) is 0 Å². The van der Waals surface area contributed by atoms with Crippen LogP contribution in [0.25, 0.3) is 0 Å². The fourth-order valence-electron chi connectivity index (χ4n) is 1.80. The lowest BCUT2D eigenvalue weighted by molar-refractivity contribution is -0.384. The highest BCUT2D eigenvalue weighted by atomic mass is 32.2. The molecule has 8 nitrogen and oxygen atoms in total. The summed E-state index contributed by atoms with van der Waals surface area (Å²) in [4.78, 5) is 25.7. The Balaban J connectivity index is 1.90. The van der Waals surface area contributed by atoms with Crippen LogP contribution in [0.3, 0.4) is 0 Å². The number of nitrogens with one attached hydrogen (secondary N) is 1. The number of carbonyl (C=O) groups is 1. The maximum absolute atomic E-state index is 11.9. The molecule has 1 heterocycles. The van der Waals surface area contributed by atoms with Gasteiger partial charge in [-0.05, 0) is 12.0 Å². The van der Waals surface area contributed by atoms with Gasteiger partial charge in [0.15, 0.2) is 0 Å². The minimum Gasteiger partial charge on any atom is -0.274 e. The Labute approximate surface area is 136 Å². The largest absolute Gasteiger partial charge is 0.274 e. The van der Waals surface area contributed by atoms with E-state index in [1.54, 1.807) is 10.9 Å². The topological polar surface area (TPSA) is 119 Å². The summed E-state index contributed by atoms with van der Waals surface area (Å²) in [7, 11) is -3.85. The zero-order chi connectivity index (χ0) is 16.9. The molecule has 0 radical (unpaired) electrons. The van der Waals surface area contributed by atoms with Gasteiger partial charge in [-0.3, -0.25) is 19.6 Å². The fourth-order valence-corrected chi connectivity index (χ4v) is 3.54. The van der Waals surface area contributed by atoms with Crippen molar-refractivity contribution in [1.82, 2.24) is 9.71 Å². The number of hydrogen-bond donors (Lipinski definition) is 1. The van der Waals surface area contributed by atoms with Crippen molar-refractivity contribution in [3.63, 3.8) is 0 Å². The molecule has 23 heavy (non-hydrogen) atoms. The van der Waals surface area contributed by atoms with Crippen LogP contribution in [0.5, 0.6) is 0 Å². The number of nitro benzene ring substituents is 1. The van der Waals surface area contributed by atoms with Gasteiger partial charge in [0.1, 0.15) is 0 Å². The van der Waals surface area contributed by atoms with Gasteiger partial charge < -0.3 is 0 Å². The van der Waals surface area contributed by atoms with Gasteiger partial charge in [-0.15, -0.1) is 11.3 Å². The van der Waals surface area contributed by atoms with Crippen LogP contribution in [0.15, 0.2) is 35.2 Å². The number of nitro groups is 1. The summed E-state index contributed by atoms with van der Waals surface area (Å²) in [6.07, 6.45) is 0.381. The van der Waals surface area contributed by atoms with E-state index in [0.29, 0.717) is 12.0 Å². The van der Waals surface area contributed by atoms with E-state index in [0.717, 1.165) is 5.69 Å². The molecule has 2 rings (SSSR count). The summed E-state index contributed by atoms with van der Waals surface area (Å²) in [5, 5.41) is 12.3. The Hall–Kier alpha value is -2.33. The van der Waals surface area contributed by atoms with E-state index >= 15 is 0 Å². The Morgan fingerprint density at radius 1 is 1.30 bits per heavy atom. The number of sulfonamides is 1. The normalized spacial score (nSPS) is 11.1. The number of hydrogen-bond acceptors (Lipinski definition) is 7. The molecular formula is C13H13N3O5S2. The average Bonchev–Trinajstić information content (AvgIpc) is 2.98. The SMILES string of the molecule is O=C(CCc1cscn1)NS(=O)(=O)Cc1ccc([N+](=O)[O-])cc1. The molecule has 122 valence electrons. The summed E-state index contributed by atoms with van der Waals surface area (Å²) in [6, 6.07) is 5.12. The molecule has 0 saturated carbocycles. The molecular weight excluding hydrogens is 342 g/mol. The zero-order valence-electron chi connectivity index (χ0n) is 11.8. The molecule has 0 aliphatic carbocycles. The van der Waals surface area contributed by atoms with Crippen molar-refractivity contribution in [3.8, 4) is 0 Å². The average molecular weight is 355 g/mol. The lowest BCUT2D eigenvalue weighted by Crippen LogP contribution is -2.31. The highest BCUT2D eigenvalue weighted by Crippen LogP contribution is 2.13. The third kappa shape index (κ3) is 5.42. The number of amides is 1. The van der Waals surface area contributed by atoms with Crippen LogP contribution >= 0.6 is 11.3 Å². The summed E-state index contributed by atoms with van der Waals surface area (Å²) >= 11 is 1.40. The lowest BCUT2D eigenvalue weighted by atomic mass is 10.2. The summed E-state index contributed by atoms with van der Waals surface area (Å²) in [6.45, 7) is 0. The molecule has 0 aliphatic heterocycles. The number of thiazole rings is 1. The van der Waals surface area contributed by atoms with E-state index in [2.05, 4.69) is 4.98 Å². The third-order valence-corrected chi connectivity index (χ3v) is 4.75. The van der Waals surface area contributed by atoms with Crippen molar-refractivity contribution in [2.75, 3.05) is 0 Å². The van der Waals surface area contributed by atoms with Crippen LogP contribution < -0.4 is 4.72 Å². The van der Waals surface area contributed by atoms with E-state index in [1.165, 1.54) is 35.6 Å². The van der Waals surface area contributed by atoms with Crippen molar-refractivity contribution in [2.24, 2.45) is 0 Å². The highest BCUT2D eigenvalue weighted by molar-refractivity contribution is 7.89. The number of benzene rings is 1. The van der Waals surface area contributed by atoms with E-state index < -0.39 is 26.6 Å². The van der Waals surface area contributed by atoms with E-state index in [4.69, 9.17) is 0 Å². The second kappa shape index (κ2) is 7.29. The molecule has 0 aliphatic rings. The molecule has 1 N–H and O–H groups in total. The van der Waals surface area contributed by atoms with Crippen molar-refractivity contribution in [1.29, 1.82) is 0 Å². The zero-order valence-corrected chi connectivity index (χ0v) is 13.5. The number of carbonyl (C=O) groups excluding carboxylic acids is 1. The van der Waals surface area contributed by atoms with Gasteiger partial charge in [-0.2, -0.15) is 0 Å². The number of aromatic nitrogens is 1. The minimum atomic E-state index is -3.85. The number of aryl methyl sites for hydroxylation is 1. The van der Waals surface area contributed by atoms with Gasteiger partial charge in [-0.1, -0.05) is 12.1 Å². The van der Waals surface area contributed by atoms with Crippen molar-refractivity contribution >= 4 is 33.0 Å². The molecule has 1 amide bonds. The first-order chi connectivity index (χ1) is 10.9. The highest BCUT2D eigenvalue weighted by Gasteiger charge is 2.16. The Bertz CT molecular complexity index is 786. The molecule has 0 spiro atoms. The van der Waals surface area contributed by atoms with Gasteiger partial charge in [-0.25, -0.2) is 13.4 Å². The molecule has 10 heteroatoms. The van der Waals surface area contributed by atoms with Crippen molar-refractivity contribution in [2.45, 2.75) is 18.6 Å². The van der Waals surface area contributed by atoms with Gasteiger partial charge in [0.25, 0.3) is 5.69 Å². The van der Waals surface area contributed by atoms with E-state index in [9.17, 15) is 23.3 Å². The molecule has 1 aromatic carbocycles. The van der Waals surface area contributed by atoms with Crippen molar-refractivity contribution in [3.05, 3.63) is 56.5 Å². The number of rotatable bonds is 7. The first kappa shape index (κ1) is 17.0.